The van der Waals surface area contributed by atoms with E-state index in [1.54, 1.807) is 12.3 Å². The van der Waals surface area contributed by atoms with Crippen LogP contribution in [-0.2, 0) is 11.3 Å². The Hall–Kier alpha value is -2.60. The molecule has 1 amide bonds. The van der Waals surface area contributed by atoms with Crippen LogP contribution in [0.1, 0.15) is 29.8 Å². The van der Waals surface area contributed by atoms with Gasteiger partial charge in [-0.05, 0) is 31.4 Å². The van der Waals surface area contributed by atoms with Crippen molar-refractivity contribution >= 4 is 22.6 Å². The summed E-state index contributed by atoms with van der Waals surface area (Å²) >= 11 is 0. The average Bonchev–Trinajstić information content (AvgIpc) is 3.22. The first-order chi connectivity index (χ1) is 11.8. The quantitative estimate of drug-likeness (QED) is 0.797. The van der Waals surface area contributed by atoms with Crippen LogP contribution in [0.5, 0.6) is 0 Å². The summed E-state index contributed by atoms with van der Waals surface area (Å²) in [7, 11) is 0. The molecular weight excluding hydrogens is 306 g/mol. The van der Waals surface area contributed by atoms with Gasteiger partial charge in [0, 0.05) is 18.2 Å². The first-order valence-corrected chi connectivity index (χ1v) is 8.22. The van der Waals surface area contributed by atoms with Crippen LogP contribution in [0.15, 0.2) is 47.1 Å². The molecule has 0 saturated carbocycles. The number of carbonyl (C=O) groups is 1. The zero-order valence-electron chi connectivity index (χ0n) is 13.3. The number of ether oxygens (including phenoxy) is 1. The molecule has 6 heteroatoms. The molecule has 0 aliphatic carbocycles. The van der Waals surface area contributed by atoms with Gasteiger partial charge in [0.25, 0.3) is 5.91 Å². The van der Waals surface area contributed by atoms with Gasteiger partial charge in [-0.15, -0.1) is 0 Å². The molecule has 0 radical (unpaired) electrons. The molecule has 124 valence electrons. The van der Waals surface area contributed by atoms with Gasteiger partial charge in [0.15, 0.2) is 5.76 Å². The minimum Gasteiger partial charge on any atom is -0.451 e. The van der Waals surface area contributed by atoms with E-state index in [-0.39, 0.29) is 12.0 Å². The summed E-state index contributed by atoms with van der Waals surface area (Å²) in [5.74, 6) is 0.0132. The number of fused-ring (bicyclic) bond motifs is 1. The van der Waals surface area contributed by atoms with Gasteiger partial charge in [0.1, 0.15) is 5.58 Å². The largest absolute Gasteiger partial charge is 0.451 e. The number of para-hydroxylation sites is 1. The Kier molecular flexibility index (Phi) is 4.04. The third kappa shape index (κ3) is 3.19. The Morgan fingerprint density at radius 2 is 2.25 bits per heavy atom. The van der Waals surface area contributed by atoms with Crippen molar-refractivity contribution < 1.29 is 13.9 Å². The lowest BCUT2D eigenvalue weighted by atomic mass is 10.1. The molecule has 1 saturated heterocycles. The number of hydrogen-bond acceptors (Lipinski definition) is 4. The van der Waals surface area contributed by atoms with E-state index in [0.29, 0.717) is 23.6 Å². The van der Waals surface area contributed by atoms with Gasteiger partial charge in [-0.1, -0.05) is 18.2 Å². The molecule has 4 rings (SSSR count). The first kappa shape index (κ1) is 15.0. The SMILES string of the molecule is O=C(Nc1cnn(CC2CCCCO2)c1)c1cc2ccccc2o1. The lowest BCUT2D eigenvalue weighted by Gasteiger charge is -2.22. The van der Waals surface area contributed by atoms with Crippen molar-refractivity contribution in [3.8, 4) is 0 Å². The molecular formula is C18H19N3O3. The van der Waals surface area contributed by atoms with Crippen LogP contribution >= 0.6 is 0 Å². The second-order valence-corrected chi connectivity index (χ2v) is 6.04. The van der Waals surface area contributed by atoms with Crippen molar-refractivity contribution in [2.45, 2.75) is 31.9 Å². The highest BCUT2D eigenvalue weighted by atomic mass is 16.5. The molecule has 0 spiro atoms. The number of benzene rings is 1. The lowest BCUT2D eigenvalue weighted by Crippen LogP contribution is -2.24. The van der Waals surface area contributed by atoms with E-state index in [1.807, 2.05) is 35.1 Å². The Morgan fingerprint density at radius 3 is 3.08 bits per heavy atom. The van der Waals surface area contributed by atoms with E-state index >= 15 is 0 Å². The third-order valence-corrected chi connectivity index (χ3v) is 4.21. The lowest BCUT2D eigenvalue weighted by molar-refractivity contribution is 0.00401. The van der Waals surface area contributed by atoms with Crippen LogP contribution in [0, 0.1) is 0 Å². The molecule has 1 aromatic carbocycles. The van der Waals surface area contributed by atoms with Crippen LogP contribution < -0.4 is 5.32 Å². The molecule has 3 heterocycles. The number of aromatic nitrogens is 2. The monoisotopic (exact) mass is 325 g/mol. The predicted molar refractivity (Wildman–Crippen MR) is 90.0 cm³/mol. The maximum Gasteiger partial charge on any atom is 0.291 e. The Labute approximate surface area is 139 Å². The summed E-state index contributed by atoms with van der Waals surface area (Å²) in [6.07, 6.45) is 7.05. The standard InChI is InChI=1S/C18H19N3O3/c22-18(17-9-13-5-1-2-7-16(13)24-17)20-14-10-19-21(11-14)12-15-6-3-4-8-23-15/h1-2,5,7,9-11,15H,3-4,6,8,12H2,(H,20,22). The van der Waals surface area contributed by atoms with Gasteiger partial charge in [0.05, 0.1) is 24.5 Å². The molecule has 2 aromatic heterocycles. The molecule has 6 nitrogen and oxygen atoms in total. The summed E-state index contributed by atoms with van der Waals surface area (Å²) in [5, 5.41) is 8.02. The Morgan fingerprint density at radius 1 is 1.33 bits per heavy atom. The van der Waals surface area contributed by atoms with E-state index in [2.05, 4.69) is 10.4 Å². The molecule has 1 aliphatic rings. The molecule has 3 aromatic rings. The van der Waals surface area contributed by atoms with E-state index in [0.717, 1.165) is 24.8 Å². The number of nitrogens with one attached hydrogen (secondary N) is 1. The second kappa shape index (κ2) is 6.49. The van der Waals surface area contributed by atoms with Gasteiger partial charge >= 0.3 is 0 Å². The van der Waals surface area contributed by atoms with Crippen molar-refractivity contribution in [2.24, 2.45) is 0 Å². The molecule has 1 aliphatic heterocycles. The number of anilines is 1. The number of nitrogens with zero attached hydrogens (tertiary/aromatic N) is 2. The van der Waals surface area contributed by atoms with Gasteiger partial charge in [0.2, 0.25) is 0 Å². The predicted octanol–water partition coefficient (Wildman–Crippen LogP) is 3.45. The number of furan rings is 1. The van der Waals surface area contributed by atoms with Crippen molar-refractivity contribution in [2.75, 3.05) is 11.9 Å². The zero-order chi connectivity index (χ0) is 16.4. The fraction of sp³-hybridized carbons (Fsp3) is 0.333. The highest BCUT2D eigenvalue weighted by Gasteiger charge is 2.16. The second-order valence-electron chi connectivity index (χ2n) is 6.04. The smallest absolute Gasteiger partial charge is 0.291 e. The molecule has 1 atom stereocenters. The summed E-state index contributed by atoms with van der Waals surface area (Å²) in [4.78, 5) is 12.3. The topological polar surface area (TPSA) is 69.3 Å². The number of amides is 1. The van der Waals surface area contributed by atoms with Crippen molar-refractivity contribution in [1.82, 2.24) is 9.78 Å². The van der Waals surface area contributed by atoms with Gasteiger partial charge < -0.3 is 14.5 Å². The van der Waals surface area contributed by atoms with Crippen LogP contribution in [0.3, 0.4) is 0 Å². The molecule has 24 heavy (non-hydrogen) atoms. The molecule has 1 unspecified atom stereocenters. The summed E-state index contributed by atoms with van der Waals surface area (Å²) in [6, 6.07) is 9.29. The highest BCUT2D eigenvalue weighted by molar-refractivity contribution is 6.04. The third-order valence-electron chi connectivity index (χ3n) is 4.21. The van der Waals surface area contributed by atoms with E-state index in [9.17, 15) is 4.79 Å². The fourth-order valence-corrected chi connectivity index (χ4v) is 2.97. The van der Waals surface area contributed by atoms with E-state index in [1.165, 1.54) is 6.42 Å². The minimum absolute atomic E-state index is 0.206. The van der Waals surface area contributed by atoms with Gasteiger partial charge in [-0.25, -0.2) is 0 Å². The van der Waals surface area contributed by atoms with Crippen molar-refractivity contribution in [3.05, 3.63) is 48.5 Å². The number of hydrogen-bond donors (Lipinski definition) is 1. The van der Waals surface area contributed by atoms with Crippen molar-refractivity contribution in [1.29, 1.82) is 0 Å². The average molecular weight is 325 g/mol. The van der Waals surface area contributed by atoms with Gasteiger partial charge in [-0.3, -0.25) is 9.48 Å². The van der Waals surface area contributed by atoms with Crippen LogP contribution in [0.2, 0.25) is 0 Å². The van der Waals surface area contributed by atoms with Crippen molar-refractivity contribution in [3.63, 3.8) is 0 Å². The van der Waals surface area contributed by atoms with E-state index < -0.39 is 0 Å². The molecule has 1 fully saturated rings. The number of carbonyl (C=O) groups excluding carboxylic acids is 1. The van der Waals surface area contributed by atoms with Gasteiger partial charge in [-0.2, -0.15) is 5.10 Å². The molecule has 1 N–H and O–H groups in total. The summed E-state index contributed by atoms with van der Waals surface area (Å²) < 4.78 is 13.1. The summed E-state index contributed by atoms with van der Waals surface area (Å²) in [5.41, 5.74) is 1.35. The minimum atomic E-state index is -0.278. The van der Waals surface area contributed by atoms with Crippen LogP contribution in [0.4, 0.5) is 5.69 Å². The molecule has 0 bridgehead atoms. The maximum atomic E-state index is 12.3. The maximum absolute atomic E-state index is 12.3. The first-order valence-electron chi connectivity index (χ1n) is 8.22. The Balaban J connectivity index is 1.42. The Bertz CT molecular complexity index is 813. The fourth-order valence-electron chi connectivity index (χ4n) is 2.97. The van der Waals surface area contributed by atoms with Crippen LogP contribution in [0.25, 0.3) is 11.0 Å². The van der Waals surface area contributed by atoms with E-state index in [4.69, 9.17) is 9.15 Å². The normalized spacial score (nSPS) is 17.9. The number of rotatable bonds is 4. The zero-order valence-corrected chi connectivity index (χ0v) is 13.3. The highest BCUT2D eigenvalue weighted by Crippen LogP contribution is 2.20. The van der Waals surface area contributed by atoms with Crippen LogP contribution in [-0.4, -0.2) is 28.4 Å². The summed E-state index contributed by atoms with van der Waals surface area (Å²) in [6.45, 7) is 1.53.